The number of allylic oxidation sites excluding steroid dienone is 14. The van der Waals surface area contributed by atoms with Gasteiger partial charge in [0, 0.05) is 19.4 Å². The van der Waals surface area contributed by atoms with Crippen LogP contribution in [0.15, 0.2) is 97.2 Å². The van der Waals surface area contributed by atoms with Gasteiger partial charge < -0.3 is 24.8 Å². The second kappa shape index (κ2) is 36.2. The van der Waals surface area contributed by atoms with E-state index in [1.54, 1.807) is 0 Å². The maximum atomic E-state index is 12.5. The molecule has 0 amide bonds. The van der Waals surface area contributed by atoms with Crippen LogP contribution in [-0.2, 0) is 37.4 Å². The van der Waals surface area contributed by atoms with Crippen molar-refractivity contribution >= 4 is 19.8 Å². The Morgan fingerprint density at radius 1 is 0.643 bits per heavy atom. The van der Waals surface area contributed by atoms with Crippen molar-refractivity contribution in [3.8, 4) is 0 Å². The van der Waals surface area contributed by atoms with Crippen molar-refractivity contribution < 1.29 is 42.3 Å². The van der Waals surface area contributed by atoms with Gasteiger partial charge in [0.15, 0.2) is 6.10 Å². The molecule has 0 aromatic heterocycles. The molecule has 0 aliphatic carbocycles. The lowest BCUT2D eigenvalue weighted by molar-refractivity contribution is -0.161. The first kappa shape index (κ1) is 50.9. The van der Waals surface area contributed by atoms with Crippen molar-refractivity contribution in [3.63, 3.8) is 0 Å². The molecule has 0 radical (unpaired) electrons. The summed E-state index contributed by atoms with van der Waals surface area (Å²) in [6.07, 6.45) is 49.2. The van der Waals surface area contributed by atoms with Gasteiger partial charge in [-0.25, -0.2) is 4.57 Å². The third-order valence-corrected chi connectivity index (χ3v) is 9.35. The fourth-order valence-electron chi connectivity index (χ4n) is 5.18. The van der Waals surface area contributed by atoms with Gasteiger partial charge in [0.05, 0.1) is 25.4 Å². The number of epoxide rings is 1. The molecule has 10 nitrogen and oxygen atoms in total. The average molecular weight is 802 g/mol. The monoisotopic (exact) mass is 801 g/mol. The average Bonchev–Trinajstić information content (AvgIpc) is 3.94. The zero-order valence-electron chi connectivity index (χ0n) is 34.3. The number of nitrogens with two attached hydrogens (primary N) is 1. The van der Waals surface area contributed by atoms with E-state index >= 15 is 0 Å². The van der Waals surface area contributed by atoms with E-state index in [2.05, 4.69) is 98.9 Å². The summed E-state index contributed by atoms with van der Waals surface area (Å²) in [5.41, 5.74) is 5.33. The summed E-state index contributed by atoms with van der Waals surface area (Å²) in [7, 11) is -4.41. The van der Waals surface area contributed by atoms with Crippen molar-refractivity contribution in [1.29, 1.82) is 0 Å². The molecular formula is C45H72NO9P. The predicted octanol–water partition coefficient (Wildman–Crippen LogP) is 10.8. The van der Waals surface area contributed by atoms with E-state index in [4.69, 9.17) is 29.0 Å². The molecule has 0 bridgehead atoms. The van der Waals surface area contributed by atoms with E-state index in [0.29, 0.717) is 25.0 Å². The van der Waals surface area contributed by atoms with Crippen LogP contribution in [0.25, 0.3) is 0 Å². The summed E-state index contributed by atoms with van der Waals surface area (Å²) < 4.78 is 38.3. The Labute approximate surface area is 338 Å². The van der Waals surface area contributed by atoms with E-state index in [9.17, 15) is 19.0 Å². The lowest BCUT2D eigenvalue weighted by Crippen LogP contribution is -2.29. The van der Waals surface area contributed by atoms with Crippen molar-refractivity contribution in [3.05, 3.63) is 97.2 Å². The maximum Gasteiger partial charge on any atom is 0.472 e. The lowest BCUT2D eigenvalue weighted by atomic mass is 10.1. The smallest absolute Gasteiger partial charge is 0.462 e. The largest absolute Gasteiger partial charge is 0.472 e. The highest BCUT2D eigenvalue weighted by Gasteiger charge is 2.36. The maximum absolute atomic E-state index is 12.5. The highest BCUT2D eigenvalue weighted by atomic mass is 31.2. The second-order valence-corrected chi connectivity index (χ2v) is 15.0. The number of hydrogen-bond acceptors (Lipinski definition) is 9. The van der Waals surface area contributed by atoms with Gasteiger partial charge in [-0.3, -0.25) is 18.6 Å². The van der Waals surface area contributed by atoms with Crippen LogP contribution in [0, 0.1) is 0 Å². The number of unbranched alkanes of at least 4 members (excludes halogenated alkanes) is 5. The molecule has 316 valence electrons. The molecule has 3 N–H and O–H groups in total. The van der Waals surface area contributed by atoms with Crippen LogP contribution in [0.4, 0.5) is 0 Å². The number of phosphoric acid groups is 1. The van der Waals surface area contributed by atoms with E-state index in [-0.39, 0.29) is 32.6 Å². The first-order valence-corrected chi connectivity index (χ1v) is 22.3. The van der Waals surface area contributed by atoms with Crippen LogP contribution in [-0.4, -0.2) is 61.5 Å². The molecule has 4 atom stereocenters. The van der Waals surface area contributed by atoms with Crippen LogP contribution < -0.4 is 5.73 Å². The topological polar surface area (TPSA) is 147 Å². The SMILES string of the molecule is CC/C=C\CC1OC1C/C=C\C/C=C\C/C=C\C/C=C\CCC(=O)OC[C@H](COP(=O)(O)OCCN)OC(=O)CCCC/C=C\C/C=C\C/C=C\CCCCC. The molecule has 1 saturated heterocycles. The van der Waals surface area contributed by atoms with Gasteiger partial charge in [0.1, 0.15) is 6.61 Å². The molecule has 1 fully saturated rings. The van der Waals surface area contributed by atoms with Gasteiger partial charge in [-0.15, -0.1) is 0 Å². The fourth-order valence-corrected chi connectivity index (χ4v) is 5.94. The first-order valence-electron chi connectivity index (χ1n) is 20.8. The molecule has 0 saturated carbocycles. The van der Waals surface area contributed by atoms with Crippen molar-refractivity contribution in [1.82, 2.24) is 0 Å². The first-order chi connectivity index (χ1) is 27.3. The summed E-state index contributed by atoms with van der Waals surface area (Å²) in [4.78, 5) is 34.8. The molecule has 1 aliphatic heterocycles. The number of carbonyl (C=O) groups is 2. The summed E-state index contributed by atoms with van der Waals surface area (Å²) in [5.74, 6) is -0.988. The molecule has 1 rings (SSSR count). The number of hydrogen-bond donors (Lipinski definition) is 2. The van der Waals surface area contributed by atoms with Gasteiger partial charge >= 0.3 is 19.8 Å². The van der Waals surface area contributed by atoms with Crippen LogP contribution in [0.3, 0.4) is 0 Å². The zero-order chi connectivity index (χ0) is 40.8. The van der Waals surface area contributed by atoms with Gasteiger partial charge in [-0.05, 0) is 89.9 Å². The third-order valence-electron chi connectivity index (χ3n) is 8.37. The Balaban J connectivity index is 2.28. The molecule has 1 aliphatic rings. The number of rotatable bonds is 36. The number of ether oxygens (including phenoxy) is 3. The van der Waals surface area contributed by atoms with Gasteiger partial charge in [-0.2, -0.15) is 0 Å². The van der Waals surface area contributed by atoms with E-state index in [1.807, 2.05) is 12.2 Å². The van der Waals surface area contributed by atoms with Crippen LogP contribution in [0.2, 0.25) is 0 Å². The highest BCUT2D eigenvalue weighted by Crippen LogP contribution is 2.43. The Hall–Kier alpha value is -3.11. The Bertz CT molecular complexity index is 1300. The normalized spacial score (nSPS) is 17.9. The minimum atomic E-state index is -4.41. The molecule has 0 aromatic rings. The van der Waals surface area contributed by atoms with E-state index in [1.165, 1.54) is 19.3 Å². The van der Waals surface area contributed by atoms with Crippen LogP contribution in [0.5, 0.6) is 0 Å². The highest BCUT2D eigenvalue weighted by molar-refractivity contribution is 7.47. The van der Waals surface area contributed by atoms with Crippen molar-refractivity contribution in [2.45, 2.75) is 148 Å². The van der Waals surface area contributed by atoms with Gasteiger partial charge in [-0.1, -0.05) is 124 Å². The minimum absolute atomic E-state index is 0.0303. The molecule has 0 aromatic carbocycles. The van der Waals surface area contributed by atoms with Crippen molar-refractivity contribution in [2.24, 2.45) is 5.73 Å². The van der Waals surface area contributed by atoms with Crippen LogP contribution in [0.1, 0.15) is 129 Å². The minimum Gasteiger partial charge on any atom is -0.462 e. The number of esters is 2. The lowest BCUT2D eigenvalue weighted by Gasteiger charge is -2.19. The summed E-state index contributed by atoms with van der Waals surface area (Å²) in [6, 6.07) is 0. The summed E-state index contributed by atoms with van der Waals surface area (Å²) in [6.45, 7) is 3.41. The molecule has 1 heterocycles. The van der Waals surface area contributed by atoms with Crippen LogP contribution >= 0.6 is 7.82 Å². The Kier molecular flexibility index (Phi) is 33.0. The van der Waals surface area contributed by atoms with Gasteiger partial charge in [0.2, 0.25) is 0 Å². The third kappa shape index (κ3) is 33.1. The molecular weight excluding hydrogens is 729 g/mol. The van der Waals surface area contributed by atoms with Crippen molar-refractivity contribution in [2.75, 3.05) is 26.4 Å². The Morgan fingerprint density at radius 3 is 1.71 bits per heavy atom. The molecule has 3 unspecified atom stereocenters. The number of carbonyl (C=O) groups excluding carboxylic acids is 2. The Morgan fingerprint density at radius 2 is 1.16 bits per heavy atom. The quantitative estimate of drug-likeness (QED) is 0.0206. The molecule has 56 heavy (non-hydrogen) atoms. The second-order valence-electron chi connectivity index (χ2n) is 13.5. The summed E-state index contributed by atoms with van der Waals surface area (Å²) >= 11 is 0. The standard InChI is InChI=1S/C45H72NO9P/c1-3-5-7-8-9-10-11-12-13-14-19-22-25-28-32-36-45(48)54-41(40-53-56(49,50)52-38-37-46)39-51-44(47)35-31-27-24-21-18-16-15-17-20-23-26-30-34-43-42(55-43)33-29-6-4-2/h6,9-10,12-13,16-20,22,24,26-27,29-30,41-43H,3-5,7-8,11,14-15,21,23,25,28,31-40,46H2,1-2H3,(H,49,50)/b10-9-,13-12-,18-16-,20-17-,22-19-,27-24-,29-6-,30-26-/t41-,42?,43?/m1/s1. The van der Waals surface area contributed by atoms with E-state index in [0.717, 1.165) is 70.6 Å². The molecule has 0 spiro atoms. The number of phosphoric ester groups is 1. The van der Waals surface area contributed by atoms with E-state index < -0.39 is 32.5 Å². The zero-order valence-corrected chi connectivity index (χ0v) is 35.2. The predicted molar refractivity (Wildman–Crippen MR) is 228 cm³/mol. The summed E-state index contributed by atoms with van der Waals surface area (Å²) in [5, 5.41) is 0. The molecule has 11 heteroatoms. The van der Waals surface area contributed by atoms with Gasteiger partial charge in [0.25, 0.3) is 0 Å². The fraction of sp³-hybridized carbons (Fsp3) is 0.600.